The van der Waals surface area contributed by atoms with Gasteiger partial charge in [0.05, 0.1) is 19.1 Å². The Bertz CT molecular complexity index is 841. The second-order valence-electron chi connectivity index (χ2n) is 5.97. The van der Waals surface area contributed by atoms with Crippen LogP contribution in [0.4, 0.5) is 9.18 Å². The molecule has 1 aliphatic heterocycles. The number of amides is 2. The first kappa shape index (κ1) is 18.4. The number of nitrogens with one attached hydrogen (secondary N) is 2. The first-order valence-corrected chi connectivity index (χ1v) is 8.83. The van der Waals surface area contributed by atoms with Crippen LogP contribution in [0.15, 0.2) is 29.0 Å². The summed E-state index contributed by atoms with van der Waals surface area (Å²) in [5, 5.41) is 2.60. The highest BCUT2D eigenvalue weighted by atomic mass is 79.9. The Morgan fingerprint density at radius 1 is 1.50 bits per heavy atom. The summed E-state index contributed by atoms with van der Waals surface area (Å²) in [4.78, 5) is 33.2. The van der Waals surface area contributed by atoms with E-state index in [1.54, 1.807) is 12.1 Å². The summed E-state index contributed by atoms with van der Waals surface area (Å²) in [5.41, 5.74) is 1.78. The third kappa shape index (κ3) is 3.44. The summed E-state index contributed by atoms with van der Waals surface area (Å²) in [6.07, 6.45) is 2.09. The molecule has 3 rings (SSSR count). The number of carbonyl (C=O) groups excluding carboxylic acids is 2. The largest absolute Gasteiger partial charge is 0.467 e. The van der Waals surface area contributed by atoms with Gasteiger partial charge in [0.1, 0.15) is 17.9 Å². The molecule has 2 heterocycles. The van der Waals surface area contributed by atoms with E-state index >= 15 is 0 Å². The predicted molar refractivity (Wildman–Crippen MR) is 95.0 cm³/mol. The van der Waals surface area contributed by atoms with Crippen molar-refractivity contribution < 1.29 is 18.7 Å². The number of ether oxygens (including phenoxy) is 1. The summed E-state index contributed by atoms with van der Waals surface area (Å²) >= 11 is 3.34. The topological polar surface area (TPSA) is 87.3 Å². The van der Waals surface area contributed by atoms with Crippen LogP contribution < -0.4 is 5.32 Å². The molecule has 0 spiro atoms. The first-order valence-electron chi connectivity index (χ1n) is 8.04. The molecular formula is C17H18BrFN4O3. The molecule has 0 saturated carbocycles. The standard InChI is InChI=1S/C17H18BrFN4O3/c1-9(16(24)26-2)22-17(25)23-6-5-13-14(21-8-20-13)15(23)11-7-10(18)3-4-12(11)19/h3-4,7-9,15H,5-6H2,1-2H3,(H,20,21)(H,22,25)/t9-,15+/m0/s1. The summed E-state index contributed by atoms with van der Waals surface area (Å²) in [7, 11) is 1.25. The van der Waals surface area contributed by atoms with Gasteiger partial charge in [-0.3, -0.25) is 0 Å². The average molecular weight is 425 g/mol. The van der Waals surface area contributed by atoms with Crippen molar-refractivity contribution in [3.8, 4) is 0 Å². The minimum atomic E-state index is -0.818. The number of benzene rings is 1. The van der Waals surface area contributed by atoms with Gasteiger partial charge in [-0.15, -0.1) is 0 Å². The number of nitrogens with zero attached hydrogens (tertiary/aromatic N) is 2. The Balaban J connectivity index is 1.97. The minimum Gasteiger partial charge on any atom is -0.467 e. The van der Waals surface area contributed by atoms with Crippen molar-refractivity contribution in [3.63, 3.8) is 0 Å². The van der Waals surface area contributed by atoms with Crippen LogP contribution in [0.3, 0.4) is 0 Å². The van der Waals surface area contributed by atoms with Crippen LogP contribution in [0, 0.1) is 5.82 Å². The number of H-pyrrole nitrogens is 1. The number of rotatable bonds is 3. The summed E-state index contributed by atoms with van der Waals surface area (Å²) in [6, 6.07) is 2.56. The second kappa shape index (κ2) is 7.45. The van der Waals surface area contributed by atoms with E-state index in [1.165, 1.54) is 31.3 Å². The predicted octanol–water partition coefficient (Wildman–Crippen LogP) is 2.53. The molecule has 0 fully saturated rings. The fourth-order valence-electron chi connectivity index (χ4n) is 3.04. The number of aromatic amines is 1. The van der Waals surface area contributed by atoms with Gasteiger partial charge >= 0.3 is 12.0 Å². The molecule has 9 heteroatoms. The van der Waals surface area contributed by atoms with Gasteiger partial charge in [-0.05, 0) is 25.1 Å². The highest BCUT2D eigenvalue weighted by Gasteiger charge is 2.36. The molecule has 0 bridgehead atoms. The van der Waals surface area contributed by atoms with Crippen LogP contribution >= 0.6 is 15.9 Å². The van der Waals surface area contributed by atoms with Crippen molar-refractivity contribution in [1.29, 1.82) is 0 Å². The van der Waals surface area contributed by atoms with Crippen molar-refractivity contribution in [3.05, 3.63) is 51.8 Å². The number of urea groups is 1. The van der Waals surface area contributed by atoms with Crippen LogP contribution in [0.5, 0.6) is 0 Å². The number of aromatic nitrogens is 2. The van der Waals surface area contributed by atoms with Gasteiger partial charge in [-0.1, -0.05) is 15.9 Å². The molecule has 1 aliphatic rings. The molecule has 138 valence electrons. The quantitative estimate of drug-likeness (QED) is 0.741. The number of imidazole rings is 1. The molecule has 0 aliphatic carbocycles. The molecule has 0 radical (unpaired) electrons. The lowest BCUT2D eigenvalue weighted by molar-refractivity contribution is -0.142. The van der Waals surface area contributed by atoms with Crippen LogP contribution in [-0.4, -0.2) is 46.6 Å². The lowest BCUT2D eigenvalue weighted by Crippen LogP contribution is -2.50. The summed E-state index contributed by atoms with van der Waals surface area (Å²) in [6.45, 7) is 1.88. The van der Waals surface area contributed by atoms with E-state index in [2.05, 4.69) is 36.0 Å². The average Bonchev–Trinajstić information content (AvgIpc) is 3.10. The Morgan fingerprint density at radius 2 is 2.27 bits per heavy atom. The van der Waals surface area contributed by atoms with E-state index in [-0.39, 0.29) is 0 Å². The van der Waals surface area contributed by atoms with E-state index < -0.39 is 29.9 Å². The maximum atomic E-state index is 14.5. The van der Waals surface area contributed by atoms with Gasteiger partial charge in [0.15, 0.2) is 0 Å². The Hall–Kier alpha value is -2.42. The van der Waals surface area contributed by atoms with Gasteiger partial charge < -0.3 is 19.9 Å². The lowest BCUT2D eigenvalue weighted by atomic mass is 9.95. The van der Waals surface area contributed by atoms with E-state index in [1.807, 2.05) is 0 Å². The molecule has 26 heavy (non-hydrogen) atoms. The zero-order valence-corrected chi connectivity index (χ0v) is 15.8. The molecule has 2 amide bonds. The Morgan fingerprint density at radius 3 is 3.00 bits per heavy atom. The van der Waals surface area contributed by atoms with Crippen molar-refractivity contribution in [1.82, 2.24) is 20.2 Å². The minimum absolute atomic E-state index is 0.327. The number of carbonyl (C=O) groups is 2. The highest BCUT2D eigenvalue weighted by Crippen LogP contribution is 2.35. The van der Waals surface area contributed by atoms with E-state index in [0.29, 0.717) is 28.7 Å². The van der Waals surface area contributed by atoms with Crippen LogP contribution in [0.2, 0.25) is 0 Å². The van der Waals surface area contributed by atoms with Crippen molar-refractivity contribution in [2.45, 2.75) is 25.4 Å². The third-order valence-corrected chi connectivity index (χ3v) is 4.83. The van der Waals surface area contributed by atoms with Gasteiger partial charge in [0.2, 0.25) is 0 Å². The molecule has 1 aromatic heterocycles. The number of esters is 1. The van der Waals surface area contributed by atoms with Crippen molar-refractivity contribution >= 4 is 27.9 Å². The molecule has 2 aromatic rings. The van der Waals surface area contributed by atoms with E-state index in [4.69, 9.17) is 0 Å². The van der Waals surface area contributed by atoms with Gasteiger partial charge in [-0.25, -0.2) is 19.0 Å². The second-order valence-corrected chi connectivity index (χ2v) is 6.89. The molecule has 1 aromatic carbocycles. The van der Waals surface area contributed by atoms with Gasteiger partial charge in [0, 0.05) is 28.7 Å². The summed E-state index contributed by atoms with van der Waals surface area (Å²) in [5.74, 6) is -0.992. The molecule has 0 saturated heterocycles. The van der Waals surface area contributed by atoms with Gasteiger partial charge in [0.25, 0.3) is 0 Å². The zero-order chi connectivity index (χ0) is 18.8. The fraction of sp³-hybridized carbons (Fsp3) is 0.353. The van der Waals surface area contributed by atoms with E-state index in [0.717, 1.165) is 5.69 Å². The van der Waals surface area contributed by atoms with Crippen molar-refractivity contribution in [2.75, 3.05) is 13.7 Å². The maximum Gasteiger partial charge on any atom is 0.328 e. The molecule has 0 unspecified atom stereocenters. The van der Waals surface area contributed by atoms with E-state index in [9.17, 15) is 14.0 Å². The number of hydrogen-bond donors (Lipinski definition) is 2. The Labute approximate surface area is 158 Å². The number of halogens is 2. The van der Waals surface area contributed by atoms with Crippen LogP contribution in [0.1, 0.15) is 29.9 Å². The first-order chi connectivity index (χ1) is 12.4. The Kier molecular flexibility index (Phi) is 5.26. The monoisotopic (exact) mass is 424 g/mol. The van der Waals surface area contributed by atoms with Gasteiger partial charge in [-0.2, -0.15) is 0 Å². The van der Waals surface area contributed by atoms with Crippen LogP contribution in [-0.2, 0) is 16.0 Å². The fourth-order valence-corrected chi connectivity index (χ4v) is 3.42. The molecule has 2 N–H and O–H groups in total. The number of hydrogen-bond acceptors (Lipinski definition) is 4. The van der Waals surface area contributed by atoms with Crippen LogP contribution in [0.25, 0.3) is 0 Å². The zero-order valence-electron chi connectivity index (χ0n) is 14.3. The SMILES string of the molecule is COC(=O)[C@H](C)NC(=O)N1CCc2[nH]cnc2[C@H]1c1cc(Br)ccc1F. The summed E-state index contributed by atoms with van der Waals surface area (Å²) < 4.78 is 19.9. The molecule has 7 nitrogen and oxygen atoms in total. The van der Waals surface area contributed by atoms with Crippen molar-refractivity contribution in [2.24, 2.45) is 0 Å². The number of fused-ring (bicyclic) bond motifs is 1. The lowest BCUT2D eigenvalue weighted by Gasteiger charge is -2.36. The number of methoxy groups -OCH3 is 1. The third-order valence-electron chi connectivity index (χ3n) is 4.33. The highest BCUT2D eigenvalue weighted by molar-refractivity contribution is 9.10. The normalized spacial score (nSPS) is 17.4. The maximum absolute atomic E-state index is 14.5. The molecule has 2 atom stereocenters. The molecular weight excluding hydrogens is 407 g/mol. The smallest absolute Gasteiger partial charge is 0.328 e.